The van der Waals surface area contributed by atoms with Gasteiger partial charge in [-0.1, -0.05) is 12.1 Å². The van der Waals surface area contributed by atoms with Crippen LogP contribution in [0.2, 0.25) is 0 Å². The van der Waals surface area contributed by atoms with Crippen molar-refractivity contribution in [3.63, 3.8) is 0 Å². The second-order valence-electron chi connectivity index (χ2n) is 7.69. The number of fused-ring (bicyclic) bond motifs is 2. The van der Waals surface area contributed by atoms with Gasteiger partial charge in [-0.15, -0.1) is 0 Å². The Morgan fingerprint density at radius 2 is 2.00 bits per heavy atom. The van der Waals surface area contributed by atoms with Crippen molar-refractivity contribution in [2.24, 2.45) is 0 Å². The Bertz CT molecular complexity index is 1280. The molecule has 30 heavy (non-hydrogen) atoms. The molecule has 1 fully saturated rings. The van der Waals surface area contributed by atoms with E-state index in [1.807, 2.05) is 12.1 Å². The van der Waals surface area contributed by atoms with Gasteiger partial charge in [0, 0.05) is 30.9 Å². The molecular weight excluding hydrogens is 394 g/mol. The summed E-state index contributed by atoms with van der Waals surface area (Å²) in [6.07, 6.45) is 2.67. The number of aromatic nitrogens is 1. The van der Waals surface area contributed by atoms with Gasteiger partial charge in [0.15, 0.2) is 5.82 Å². The number of benzene rings is 2. The fraction of sp³-hybridized carbons (Fsp3) is 0.273. The summed E-state index contributed by atoms with van der Waals surface area (Å²) in [5.74, 6) is -2.51. The van der Waals surface area contributed by atoms with E-state index >= 15 is 8.78 Å². The maximum absolute atomic E-state index is 15.7. The fourth-order valence-electron chi connectivity index (χ4n) is 4.25. The topological polar surface area (TPSA) is 71.8 Å². The molecule has 5 rings (SSSR count). The number of methoxy groups -OCH3 is 1. The molecule has 3 aromatic rings. The molecule has 0 radical (unpaired) electrons. The zero-order valence-corrected chi connectivity index (χ0v) is 16.1. The lowest BCUT2D eigenvalue weighted by Gasteiger charge is -2.22. The molecule has 1 aliphatic carbocycles. The van der Waals surface area contributed by atoms with E-state index in [1.165, 1.54) is 10.8 Å². The second kappa shape index (κ2) is 6.55. The number of carboxylic acid groups (broad SMARTS) is 1. The predicted octanol–water partition coefficient (Wildman–Crippen LogP) is 3.84. The molecule has 1 saturated carbocycles. The van der Waals surface area contributed by atoms with Crippen molar-refractivity contribution < 1.29 is 23.4 Å². The molecular formula is C22H18F2N2O4. The summed E-state index contributed by atoms with van der Waals surface area (Å²) in [5, 5.41) is 9.09. The van der Waals surface area contributed by atoms with E-state index in [0.29, 0.717) is 12.3 Å². The molecule has 0 atom stereocenters. The molecule has 0 bridgehead atoms. The molecule has 0 unspecified atom stereocenters. The van der Waals surface area contributed by atoms with Gasteiger partial charge in [0.2, 0.25) is 5.43 Å². The number of nitrogens with zero attached hydrogens (tertiary/aromatic N) is 2. The molecule has 154 valence electrons. The molecule has 8 heteroatoms. The van der Waals surface area contributed by atoms with Crippen molar-refractivity contribution in [2.75, 3.05) is 12.0 Å². The lowest BCUT2D eigenvalue weighted by atomic mass is 10.1. The molecule has 0 amide bonds. The lowest BCUT2D eigenvalue weighted by molar-refractivity contribution is 0.0694. The van der Waals surface area contributed by atoms with Crippen molar-refractivity contribution in [2.45, 2.75) is 32.0 Å². The SMILES string of the molecule is COc1cccc2c1CN(c1c(F)cc3c(=O)c(C(=O)O)cn(C4CC4)c3c1F)C2. The number of halogens is 2. The van der Waals surface area contributed by atoms with Crippen LogP contribution in [0, 0.1) is 11.6 Å². The zero-order valence-electron chi connectivity index (χ0n) is 16.1. The maximum atomic E-state index is 15.7. The Balaban J connectivity index is 1.72. The van der Waals surface area contributed by atoms with Crippen molar-refractivity contribution in [3.05, 3.63) is 69.0 Å². The number of pyridine rings is 1. The molecule has 0 saturated heterocycles. The number of carbonyl (C=O) groups is 1. The van der Waals surface area contributed by atoms with Crippen LogP contribution in [-0.2, 0) is 13.1 Å². The standard InChI is InChI=1S/C22H18F2N2O4/c1-30-17-4-2-3-11-8-25(9-14(11)17)20-16(23)7-13-19(18(20)24)26(12-5-6-12)10-15(21(13)27)22(28)29/h2-4,7,10,12H,5-6,8-9H2,1H3,(H,28,29). The van der Waals surface area contributed by atoms with Gasteiger partial charge in [0.05, 0.1) is 18.0 Å². The van der Waals surface area contributed by atoms with Crippen LogP contribution >= 0.6 is 0 Å². The number of hydrogen-bond acceptors (Lipinski definition) is 4. The number of aromatic carboxylic acids is 1. The summed E-state index contributed by atoms with van der Waals surface area (Å²) in [4.78, 5) is 25.7. The number of rotatable bonds is 4. The number of hydrogen-bond donors (Lipinski definition) is 1. The Hall–Kier alpha value is -3.42. The molecule has 2 aromatic carbocycles. The Morgan fingerprint density at radius 1 is 1.23 bits per heavy atom. The summed E-state index contributed by atoms with van der Waals surface area (Å²) in [5.41, 5.74) is 0.127. The summed E-state index contributed by atoms with van der Waals surface area (Å²) in [6, 6.07) is 6.37. The Labute approximate surface area is 169 Å². The number of anilines is 1. The smallest absolute Gasteiger partial charge is 0.341 e. The summed E-state index contributed by atoms with van der Waals surface area (Å²) >= 11 is 0. The highest BCUT2D eigenvalue weighted by atomic mass is 19.1. The fourth-order valence-corrected chi connectivity index (χ4v) is 4.25. The third-order valence-corrected chi connectivity index (χ3v) is 5.83. The monoisotopic (exact) mass is 412 g/mol. The molecule has 0 spiro atoms. The van der Waals surface area contributed by atoms with Gasteiger partial charge in [-0.05, 0) is 30.5 Å². The first-order chi connectivity index (χ1) is 14.4. The third-order valence-electron chi connectivity index (χ3n) is 5.83. The minimum atomic E-state index is -1.41. The van der Waals surface area contributed by atoms with Crippen LogP contribution in [0.4, 0.5) is 14.5 Å². The van der Waals surface area contributed by atoms with Crippen LogP contribution in [0.1, 0.15) is 40.4 Å². The summed E-state index contributed by atoms with van der Waals surface area (Å²) in [7, 11) is 1.55. The average Bonchev–Trinajstić information content (AvgIpc) is 3.46. The molecule has 1 aromatic heterocycles. The van der Waals surface area contributed by atoms with Gasteiger partial charge in [0.25, 0.3) is 0 Å². The molecule has 2 heterocycles. The Kier molecular flexibility index (Phi) is 4.06. The Morgan fingerprint density at radius 3 is 2.67 bits per heavy atom. The molecule has 1 aliphatic heterocycles. The van der Waals surface area contributed by atoms with E-state index in [2.05, 4.69) is 0 Å². The highest BCUT2D eigenvalue weighted by molar-refractivity contribution is 5.94. The molecule has 6 nitrogen and oxygen atoms in total. The first-order valence-electron chi connectivity index (χ1n) is 9.60. The first-order valence-corrected chi connectivity index (χ1v) is 9.60. The lowest BCUT2D eigenvalue weighted by Crippen LogP contribution is -2.22. The van der Waals surface area contributed by atoms with E-state index in [0.717, 1.165) is 30.0 Å². The summed E-state index contributed by atoms with van der Waals surface area (Å²) < 4.78 is 37.7. The predicted molar refractivity (Wildman–Crippen MR) is 106 cm³/mol. The zero-order chi connectivity index (χ0) is 21.2. The maximum Gasteiger partial charge on any atom is 0.341 e. The van der Waals surface area contributed by atoms with Crippen molar-refractivity contribution in [1.82, 2.24) is 4.57 Å². The van der Waals surface area contributed by atoms with Crippen LogP contribution in [0.3, 0.4) is 0 Å². The normalized spacial score (nSPS) is 15.5. The number of ether oxygens (including phenoxy) is 1. The summed E-state index contributed by atoms with van der Waals surface area (Å²) in [6.45, 7) is 0.562. The van der Waals surface area contributed by atoms with E-state index in [1.54, 1.807) is 18.1 Å². The average molecular weight is 412 g/mol. The largest absolute Gasteiger partial charge is 0.496 e. The second-order valence-corrected chi connectivity index (χ2v) is 7.69. The van der Waals surface area contributed by atoms with Gasteiger partial charge in [-0.2, -0.15) is 0 Å². The molecule has 2 aliphatic rings. The van der Waals surface area contributed by atoms with E-state index < -0.39 is 28.6 Å². The van der Waals surface area contributed by atoms with Gasteiger partial charge in [-0.25, -0.2) is 13.6 Å². The van der Waals surface area contributed by atoms with Crippen LogP contribution in [0.25, 0.3) is 10.9 Å². The minimum absolute atomic E-state index is 0.0492. The molecule has 1 N–H and O–H groups in total. The van der Waals surface area contributed by atoms with Crippen LogP contribution in [0.15, 0.2) is 35.3 Å². The highest BCUT2D eigenvalue weighted by Gasteiger charge is 2.32. The van der Waals surface area contributed by atoms with Crippen molar-refractivity contribution >= 4 is 22.6 Å². The third kappa shape index (κ3) is 2.67. The van der Waals surface area contributed by atoms with E-state index in [4.69, 9.17) is 4.74 Å². The van der Waals surface area contributed by atoms with Gasteiger partial charge in [0.1, 0.15) is 22.8 Å². The minimum Gasteiger partial charge on any atom is -0.496 e. The van der Waals surface area contributed by atoms with Crippen molar-refractivity contribution in [3.8, 4) is 5.75 Å². The van der Waals surface area contributed by atoms with Gasteiger partial charge < -0.3 is 19.3 Å². The quantitative estimate of drug-likeness (QED) is 0.705. The van der Waals surface area contributed by atoms with Crippen LogP contribution in [-0.4, -0.2) is 22.8 Å². The first kappa shape index (κ1) is 18.6. The van der Waals surface area contributed by atoms with Crippen molar-refractivity contribution in [1.29, 1.82) is 0 Å². The highest BCUT2D eigenvalue weighted by Crippen LogP contribution is 2.41. The number of carboxylic acids is 1. The van der Waals surface area contributed by atoms with Gasteiger partial charge in [-0.3, -0.25) is 4.79 Å². The van der Waals surface area contributed by atoms with E-state index in [9.17, 15) is 14.7 Å². The van der Waals surface area contributed by atoms with Crippen LogP contribution < -0.4 is 15.1 Å². The van der Waals surface area contributed by atoms with E-state index in [-0.39, 0.29) is 29.2 Å². The van der Waals surface area contributed by atoms with Gasteiger partial charge >= 0.3 is 5.97 Å². The van der Waals surface area contributed by atoms with Crippen LogP contribution in [0.5, 0.6) is 5.75 Å².